The van der Waals surface area contributed by atoms with Crippen molar-refractivity contribution >= 4 is 59.2 Å². The number of hydrogen-bond donors (Lipinski definition) is 13. The minimum absolute atomic E-state index is 0.0215. The minimum atomic E-state index is -1.74. The van der Waals surface area contributed by atoms with E-state index in [1.807, 2.05) is 0 Å². The van der Waals surface area contributed by atoms with E-state index in [-0.39, 0.29) is 44.1 Å². The van der Waals surface area contributed by atoms with Gasteiger partial charge >= 0.3 is 11.9 Å². The molecule has 0 saturated heterocycles. The van der Waals surface area contributed by atoms with Crippen LogP contribution in [0, 0.1) is 17.8 Å². The van der Waals surface area contributed by atoms with Crippen molar-refractivity contribution in [2.75, 3.05) is 13.1 Å². The first kappa shape index (κ1) is 59.6. The summed E-state index contributed by atoms with van der Waals surface area (Å²) in [6, 6.07) is -11.2. The number of carbonyl (C=O) groups excluding carboxylic acids is 8. The van der Waals surface area contributed by atoms with E-state index in [0.29, 0.717) is 32.2 Å². The lowest BCUT2D eigenvalue weighted by atomic mass is 10.0. The Morgan fingerprint density at radius 3 is 1.22 bits per heavy atom. The molecule has 0 aliphatic rings. The van der Waals surface area contributed by atoms with Gasteiger partial charge in [0.25, 0.3) is 0 Å². The highest BCUT2D eigenvalue weighted by molar-refractivity contribution is 5.98. The topological polar surface area (TPSA) is 385 Å². The summed E-state index contributed by atoms with van der Waals surface area (Å²) in [5.41, 5.74) is 16.8. The van der Waals surface area contributed by atoms with E-state index in [4.69, 9.17) is 17.2 Å². The highest BCUT2D eigenvalue weighted by Gasteiger charge is 2.35. The number of aliphatic carboxylic acids is 2. The summed E-state index contributed by atoms with van der Waals surface area (Å²) in [6.07, 6.45) is 1.25. The SMILES string of the molecule is CC(C)C[C@H](NC(=O)[C@H](CCCCN)NC(=O)[C@H](CC(=O)O)NC(=O)[C@@H](NC(=O)[C@H](C)NC(=O)[C@H](CC(C)C)NC(=O)[C@H](CCCCN)NC(=O)[C@H](C)NC(=O)[C@H](C)N)C(C)C)C(=O)O. The lowest BCUT2D eigenvalue weighted by Gasteiger charge is -2.28. The van der Waals surface area contributed by atoms with Gasteiger partial charge in [0.05, 0.1) is 12.5 Å². The van der Waals surface area contributed by atoms with Crippen LogP contribution >= 0.6 is 0 Å². The van der Waals surface area contributed by atoms with Crippen molar-refractivity contribution in [2.24, 2.45) is 35.0 Å². The number of carboxylic acid groups (broad SMARTS) is 2. The average molecular weight is 928 g/mol. The fourth-order valence-electron chi connectivity index (χ4n) is 6.28. The van der Waals surface area contributed by atoms with Crippen LogP contribution in [0.15, 0.2) is 0 Å². The molecular weight excluding hydrogens is 851 g/mol. The van der Waals surface area contributed by atoms with E-state index in [0.717, 1.165) is 0 Å². The predicted octanol–water partition coefficient (Wildman–Crippen LogP) is -2.18. The van der Waals surface area contributed by atoms with Crippen molar-refractivity contribution in [2.45, 2.75) is 174 Å². The Hall–Kier alpha value is -5.42. The lowest BCUT2D eigenvalue weighted by Crippen LogP contribution is -2.61. The van der Waals surface area contributed by atoms with Crippen molar-refractivity contribution < 1.29 is 58.2 Å². The third-order valence-corrected chi connectivity index (χ3v) is 10.00. The summed E-state index contributed by atoms with van der Waals surface area (Å²) < 4.78 is 0. The Balaban J connectivity index is 6.17. The maximum absolute atomic E-state index is 13.7. The second kappa shape index (κ2) is 30.7. The number of nitrogens with two attached hydrogens (primary N) is 3. The molecule has 9 atom stereocenters. The standard InChI is InChI=1S/C42H77N11O12/c1-21(2)18-29(50-37(59)27(14-10-12-16-43)48-35(57)25(8)46-34(56)24(7)45)39(61)47-26(9)36(58)53-33(23(5)6)41(63)51-30(20-32(54)55)40(62)49-28(15-11-13-17-44)38(60)52-31(42(64)65)19-22(3)4/h21-31,33H,10-20,43-45H2,1-9H3,(H,46,56)(H,47,61)(H,48,57)(H,49,62)(H,50,59)(H,51,63)(H,52,60)(H,53,58)(H,54,55)(H,64,65)/t24-,25-,26-,27-,28-,29-,30-,31-,33-/m0/s1. The van der Waals surface area contributed by atoms with Gasteiger partial charge in [-0.3, -0.25) is 43.2 Å². The van der Waals surface area contributed by atoms with Gasteiger partial charge in [-0.15, -0.1) is 0 Å². The van der Waals surface area contributed by atoms with E-state index in [1.54, 1.807) is 41.5 Å². The van der Waals surface area contributed by atoms with E-state index in [2.05, 4.69) is 42.5 Å². The van der Waals surface area contributed by atoms with Gasteiger partial charge in [-0.1, -0.05) is 41.5 Å². The summed E-state index contributed by atoms with van der Waals surface area (Å²) in [5.74, 6) is -10.0. The molecule has 16 N–H and O–H groups in total. The molecule has 0 bridgehead atoms. The molecule has 0 heterocycles. The third kappa shape index (κ3) is 23.9. The Morgan fingerprint density at radius 2 is 0.800 bits per heavy atom. The second-order valence-electron chi connectivity index (χ2n) is 17.5. The van der Waals surface area contributed by atoms with Gasteiger partial charge in [0.2, 0.25) is 47.3 Å². The van der Waals surface area contributed by atoms with Gasteiger partial charge in [0, 0.05) is 0 Å². The number of carbonyl (C=O) groups is 10. The van der Waals surface area contributed by atoms with E-state index in [1.165, 1.54) is 20.8 Å². The molecule has 0 radical (unpaired) electrons. The van der Waals surface area contributed by atoms with E-state index < -0.39 is 126 Å². The molecule has 0 spiro atoms. The molecule has 0 aromatic rings. The van der Waals surface area contributed by atoms with Gasteiger partial charge in [-0.05, 0) is 103 Å². The van der Waals surface area contributed by atoms with Crippen LogP contribution in [-0.2, 0) is 47.9 Å². The molecule has 0 aromatic carbocycles. The number of carboxylic acids is 2. The van der Waals surface area contributed by atoms with Crippen molar-refractivity contribution in [3.05, 3.63) is 0 Å². The van der Waals surface area contributed by atoms with Gasteiger partial charge in [-0.25, -0.2) is 4.79 Å². The van der Waals surface area contributed by atoms with Crippen LogP contribution in [0.5, 0.6) is 0 Å². The fourth-order valence-corrected chi connectivity index (χ4v) is 6.28. The Labute approximate surface area is 381 Å². The highest BCUT2D eigenvalue weighted by Crippen LogP contribution is 2.11. The minimum Gasteiger partial charge on any atom is -0.481 e. The normalized spacial score (nSPS) is 15.4. The first-order valence-corrected chi connectivity index (χ1v) is 22.3. The number of unbranched alkanes of at least 4 members (excludes halogenated alkanes) is 2. The zero-order valence-electron chi connectivity index (χ0n) is 39.4. The van der Waals surface area contributed by atoms with Crippen molar-refractivity contribution in [1.82, 2.24) is 42.5 Å². The number of amides is 8. The molecule has 8 amide bonds. The summed E-state index contributed by atoms with van der Waals surface area (Å²) in [7, 11) is 0. The van der Waals surface area contributed by atoms with E-state index >= 15 is 0 Å². The fraction of sp³-hybridized carbons (Fsp3) is 0.762. The van der Waals surface area contributed by atoms with Crippen molar-refractivity contribution in [3.63, 3.8) is 0 Å². The molecule has 0 rings (SSSR count). The molecule has 372 valence electrons. The Morgan fingerprint density at radius 1 is 0.431 bits per heavy atom. The van der Waals surface area contributed by atoms with Gasteiger partial charge in [0.1, 0.15) is 48.3 Å². The molecule has 23 nitrogen and oxygen atoms in total. The number of rotatable bonds is 32. The van der Waals surface area contributed by atoms with Crippen LogP contribution in [0.4, 0.5) is 0 Å². The summed E-state index contributed by atoms with van der Waals surface area (Å²) >= 11 is 0. The molecule has 0 aliphatic heterocycles. The van der Waals surface area contributed by atoms with Crippen LogP contribution in [0.2, 0.25) is 0 Å². The zero-order valence-corrected chi connectivity index (χ0v) is 39.4. The van der Waals surface area contributed by atoms with Crippen molar-refractivity contribution in [1.29, 1.82) is 0 Å². The van der Waals surface area contributed by atoms with Gasteiger partial charge in [0.15, 0.2) is 0 Å². The van der Waals surface area contributed by atoms with E-state index in [9.17, 15) is 58.2 Å². The molecule has 0 unspecified atom stereocenters. The maximum Gasteiger partial charge on any atom is 0.326 e. The quantitative estimate of drug-likeness (QED) is 0.0319. The molecular formula is C42H77N11O12. The van der Waals surface area contributed by atoms with Crippen LogP contribution in [-0.4, -0.2) is 137 Å². The number of nitrogens with one attached hydrogen (secondary N) is 8. The molecule has 0 aliphatic carbocycles. The molecule has 65 heavy (non-hydrogen) atoms. The molecule has 0 aromatic heterocycles. The summed E-state index contributed by atoms with van der Waals surface area (Å²) in [5, 5.41) is 39.3. The summed E-state index contributed by atoms with van der Waals surface area (Å²) in [6.45, 7) is 15.1. The Bertz CT molecular complexity index is 1610. The Kier molecular flexibility index (Phi) is 28.1. The second-order valence-corrected chi connectivity index (χ2v) is 17.5. The van der Waals surface area contributed by atoms with Crippen LogP contribution in [0.1, 0.15) is 120 Å². The maximum atomic E-state index is 13.7. The molecule has 23 heteroatoms. The third-order valence-electron chi connectivity index (χ3n) is 10.00. The number of hydrogen-bond acceptors (Lipinski definition) is 13. The molecule has 0 fully saturated rings. The zero-order chi connectivity index (χ0) is 50.1. The predicted molar refractivity (Wildman–Crippen MR) is 240 cm³/mol. The monoisotopic (exact) mass is 928 g/mol. The van der Waals surface area contributed by atoms with Crippen LogP contribution in [0.3, 0.4) is 0 Å². The molecule has 0 saturated carbocycles. The van der Waals surface area contributed by atoms with Crippen LogP contribution < -0.4 is 59.7 Å². The first-order chi connectivity index (χ1) is 30.2. The van der Waals surface area contributed by atoms with Gasteiger partial charge < -0.3 is 69.9 Å². The van der Waals surface area contributed by atoms with Crippen molar-refractivity contribution in [3.8, 4) is 0 Å². The lowest BCUT2D eigenvalue weighted by molar-refractivity contribution is -0.143. The highest BCUT2D eigenvalue weighted by atomic mass is 16.4. The smallest absolute Gasteiger partial charge is 0.326 e. The first-order valence-electron chi connectivity index (χ1n) is 22.3. The van der Waals surface area contributed by atoms with Crippen LogP contribution in [0.25, 0.3) is 0 Å². The van der Waals surface area contributed by atoms with Gasteiger partial charge in [-0.2, -0.15) is 0 Å². The summed E-state index contributed by atoms with van der Waals surface area (Å²) in [4.78, 5) is 130. The largest absolute Gasteiger partial charge is 0.481 e. The average Bonchev–Trinajstić information content (AvgIpc) is 3.20.